The van der Waals surface area contributed by atoms with Crippen LogP contribution in [0.3, 0.4) is 0 Å². The lowest BCUT2D eigenvalue weighted by Crippen LogP contribution is -2.62. The van der Waals surface area contributed by atoms with E-state index in [4.69, 9.17) is 0 Å². The van der Waals surface area contributed by atoms with Crippen LogP contribution in [0, 0.1) is 39.4 Å². The molecule has 2 spiro atoms. The number of Topliss-reactive ketones (excluding diaryl/α,β-unsaturated/α-hetero) is 2. The van der Waals surface area contributed by atoms with E-state index in [0.717, 1.165) is 62.8 Å². The number of ketones is 2. The molecule has 2 bridgehead atoms. The van der Waals surface area contributed by atoms with E-state index in [1.165, 1.54) is 13.0 Å². The van der Waals surface area contributed by atoms with Gasteiger partial charge in [0.15, 0.2) is 5.78 Å². The number of hydrogen-bond donors (Lipinski definition) is 5. The highest BCUT2D eigenvalue weighted by Gasteiger charge is 2.72. The summed E-state index contributed by atoms with van der Waals surface area (Å²) in [4.78, 5) is 40.0. The molecule has 0 aliphatic heterocycles. The van der Waals surface area contributed by atoms with E-state index in [-0.39, 0.29) is 34.9 Å². The normalized spacial score (nSPS) is 41.5. The third-order valence-electron chi connectivity index (χ3n) is 13.7. The first-order valence-corrected chi connectivity index (χ1v) is 17.7. The van der Waals surface area contributed by atoms with Crippen LogP contribution in [0.25, 0.3) is 0 Å². The summed E-state index contributed by atoms with van der Waals surface area (Å²) in [5, 5.41) is 48.0. The van der Waals surface area contributed by atoms with Crippen molar-refractivity contribution in [1.82, 2.24) is 5.32 Å². The molecule has 252 valence electrons. The summed E-state index contributed by atoms with van der Waals surface area (Å²) in [6, 6.07) is 0. The number of allylic oxidation sites excluding steroid dienone is 1. The van der Waals surface area contributed by atoms with Crippen molar-refractivity contribution in [1.29, 1.82) is 0 Å². The molecule has 5 N–H and O–H groups in total. The van der Waals surface area contributed by atoms with Gasteiger partial charge >= 0.3 is 5.97 Å². The van der Waals surface area contributed by atoms with Gasteiger partial charge in [-0.3, -0.25) is 9.59 Å². The van der Waals surface area contributed by atoms with Crippen LogP contribution in [0.15, 0.2) is 22.8 Å². The molecule has 45 heavy (non-hydrogen) atoms. The summed E-state index contributed by atoms with van der Waals surface area (Å²) in [6.45, 7) is 11.4. The fourth-order valence-corrected chi connectivity index (χ4v) is 11.5. The van der Waals surface area contributed by atoms with Crippen molar-refractivity contribution in [2.75, 3.05) is 13.1 Å². The van der Waals surface area contributed by atoms with E-state index < -0.39 is 45.9 Å². The molecule has 3 saturated carbocycles. The molecular weight excluding hydrogens is 570 g/mol. The first kappa shape index (κ1) is 34.5. The summed E-state index contributed by atoms with van der Waals surface area (Å²) in [6.07, 6.45) is 7.56. The lowest BCUT2D eigenvalue weighted by atomic mass is 9.39. The standard InChI is InChI=1S/C37H57NO7/c1-6-15-38-16-14-34(4)28-20-26(40)31-32-27(41)21-37(12-9-7-8-11-36(28,32)13-10-29(34)42)25(19-30(43)35(31,37)5)22(2)17-24(39)18-23(3)33(44)45/h18,22,24-26,28,30,38-40,43H,6-17,19-21H2,1-5H3,(H,44,45)/b23-18+/t22-,24+,25-,26-,28-,30+,34-,35+,36+,37-/m1/s1. The van der Waals surface area contributed by atoms with Gasteiger partial charge in [-0.2, -0.15) is 0 Å². The number of rotatable bonds is 10. The average molecular weight is 628 g/mol. The number of fused-ring (bicyclic) bond motifs is 2. The second kappa shape index (κ2) is 12.6. The molecule has 5 aliphatic rings. The van der Waals surface area contributed by atoms with Crippen LogP contribution in [0.1, 0.15) is 118 Å². The van der Waals surface area contributed by atoms with E-state index in [1.54, 1.807) is 0 Å². The highest BCUT2D eigenvalue weighted by atomic mass is 16.4. The third-order valence-corrected chi connectivity index (χ3v) is 13.7. The predicted molar refractivity (Wildman–Crippen MR) is 172 cm³/mol. The fourth-order valence-electron chi connectivity index (χ4n) is 11.5. The van der Waals surface area contributed by atoms with Crippen LogP contribution >= 0.6 is 0 Å². The number of nitrogens with one attached hydrogen (secondary N) is 1. The van der Waals surface area contributed by atoms with Gasteiger partial charge in [0.25, 0.3) is 0 Å². The molecule has 10 atom stereocenters. The molecule has 0 saturated heterocycles. The van der Waals surface area contributed by atoms with Crippen molar-refractivity contribution in [2.45, 2.75) is 136 Å². The number of carbonyl (C=O) groups is 3. The summed E-state index contributed by atoms with van der Waals surface area (Å²) in [5.74, 6) is -1.02. The van der Waals surface area contributed by atoms with E-state index in [0.29, 0.717) is 44.9 Å². The van der Waals surface area contributed by atoms with E-state index >= 15 is 0 Å². The molecule has 0 unspecified atom stereocenters. The molecule has 0 aromatic rings. The van der Waals surface area contributed by atoms with Crippen LogP contribution in [-0.4, -0.2) is 69.4 Å². The highest BCUT2D eigenvalue weighted by Crippen LogP contribution is 2.74. The van der Waals surface area contributed by atoms with Gasteiger partial charge in [0.2, 0.25) is 0 Å². The summed E-state index contributed by atoms with van der Waals surface area (Å²) in [7, 11) is 0. The summed E-state index contributed by atoms with van der Waals surface area (Å²) < 4.78 is 0. The minimum absolute atomic E-state index is 0.0770. The lowest BCUT2D eigenvalue weighted by molar-refractivity contribution is -0.152. The SMILES string of the molecule is CCCNCC[C@@]1(C)C(=O)CC[C@]23CCCCC[C@]45CC(=O)C2=C([C@H](O)C[C@@H]31)[C@]4(C)[C@@H](O)C[C@@H]5[C@H](C)C[C@H](O)/C=C(\C)C(=O)O. The molecule has 0 heterocycles. The Morgan fingerprint density at radius 1 is 1.07 bits per heavy atom. The largest absolute Gasteiger partial charge is 0.478 e. The maximum absolute atomic E-state index is 14.8. The molecule has 0 aromatic carbocycles. The predicted octanol–water partition coefficient (Wildman–Crippen LogP) is 5.14. The van der Waals surface area contributed by atoms with Crippen molar-refractivity contribution in [3.8, 4) is 0 Å². The maximum Gasteiger partial charge on any atom is 0.331 e. The molecule has 3 fully saturated rings. The Bertz CT molecular complexity index is 1260. The number of aliphatic hydroxyl groups is 3. The van der Waals surface area contributed by atoms with Crippen molar-refractivity contribution in [3.05, 3.63) is 22.8 Å². The van der Waals surface area contributed by atoms with Crippen molar-refractivity contribution < 1.29 is 34.8 Å². The second-order valence-corrected chi connectivity index (χ2v) is 15.9. The first-order valence-electron chi connectivity index (χ1n) is 17.7. The molecular formula is C37H57NO7. The topological polar surface area (TPSA) is 144 Å². The van der Waals surface area contributed by atoms with Gasteiger partial charge in [-0.15, -0.1) is 0 Å². The Hall–Kier alpha value is -1.87. The Morgan fingerprint density at radius 3 is 2.47 bits per heavy atom. The van der Waals surface area contributed by atoms with Crippen LogP contribution < -0.4 is 5.32 Å². The van der Waals surface area contributed by atoms with Crippen LogP contribution in [0.5, 0.6) is 0 Å². The molecule has 5 rings (SSSR count). The number of carboxylic acid groups (broad SMARTS) is 1. The minimum Gasteiger partial charge on any atom is -0.478 e. The molecule has 8 nitrogen and oxygen atoms in total. The van der Waals surface area contributed by atoms with E-state index in [2.05, 4.69) is 33.0 Å². The van der Waals surface area contributed by atoms with Gasteiger partial charge in [0.1, 0.15) is 5.78 Å². The quantitative estimate of drug-likeness (QED) is 0.166. The lowest BCUT2D eigenvalue weighted by Gasteiger charge is -2.63. The van der Waals surface area contributed by atoms with Crippen molar-refractivity contribution in [3.63, 3.8) is 0 Å². The fraction of sp³-hybridized carbons (Fsp3) is 0.811. The van der Waals surface area contributed by atoms with Gasteiger partial charge in [0.05, 0.1) is 18.3 Å². The number of hydrogen-bond acceptors (Lipinski definition) is 7. The van der Waals surface area contributed by atoms with E-state index in [9.17, 15) is 34.8 Å². The van der Waals surface area contributed by atoms with Crippen molar-refractivity contribution in [2.24, 2.45) is 39.4 Å². The second-order valence-electron chi connectivity index (χ2n) is 15.9. The number of carbonyl (C=O) groups excluding carboxylic acids is 2. The average Bonchev–Trinajstić information content (AvgIpc) is 3.20. The van der Waals surface area contributed by atoms with Gasteiger partial charge in [-0.05, 0) is 106 Å². The van der Waals surface area contributed by atoms with Gasteiger partial charge < -0.3 is 25.7 Å². The van der Waals surface area contributed by atoms with Gasteiger partial charge in [-0.25, -0.2) is 4.79 Å². The van der Waals surface area contributed by atoms with Crippen LogP contribution in [0.4, 0.5) is 0 Å². The van der Waals surface area contributed by atoms with Crippen LogP contribution in [-0.2, 0) is 14.4 Å². The van der Waals surface area contributed by atoms with E-state index in [1.807, 2.05) is 0 Å². The molecule has 0 amide bonds. The van der Waals surface area contributed by atoms with Crippen LogP contribution in [0.2, 0.25) is 0 Å². The Labute approximate surface area is 269 Å². The zero-order valence-corrected chi connectivity index (χ0v) is 28.2. The monoisotopic (exact) mass is 627 g/mol. The number of aliphatic carboxylic acids is 1. The smallest absolute Gasteiger partial charge is 0.331 e. The number of aliphatic hydroxyl groups excluding tert-OH is 3. The molecule has 5 aliphatic carbocycles. The first-order chi connectivity index (χ1) is 21.2. The summed E-state index contributed by atoms with van der Waals surface area (Å²) >= 11 is 0. The Kier molecular flexibility index (Phi) is 9.67. The van der Waals surface area contributed by atoms with Gasteiger partial charge in [0, 0.05) is 40.2 Å². The zero-order chi connectivity index (χ0) is 32.9. The molecule has 8 heteroatoms. The molecule has 0 aromatic heterocycles. The minimum atomic E-state index is -1.06. The zero-order valence-electron chi connectivity index (χ0n) is 28.2. The van der Waals surface area contributed by atoms with Gasteiger partial charge in [-0.1, -0.05) is 47.0 Å². The maximum atomic E-state index is 14.8. The number of carboxylic acids is 1. The summed E-state index contributed by atoms with van der Waals surface area (Å²) in [5.41, 5.74) is -0.902. The molecule has 0 radical (unpaired) electrons. The Balaban J connectivity index is 1.60. The highest BCUT2D eigenvalue weighted by molar-refractivity contribution is 6.01. The third kappa shape index (κ3) is 5.30. The Morgan fingerprint density at radius 2 is 1.78 bits per heavy atom. The van der Waals surface area contributed by atoms with Crippen molar-refractivity contribution >= 4 is 17.5 Å².